The lowest BCUT2D eigenvalue weighted by Gasteiger charge is -2.30. The smallest absolute Gasteiger partial charge is 0.325 e. The molecule has 3 atom stereocenters. The van der Waals surface area contributed by atoms with Crippen molar-refractivity contribution < 1.29 is 28.5 Å². The lowest BCUT2D eigenvalue weighted by atomic mass is 9.95. The van der Waals surface area contributed by atoms with Crippen molar-refractivity contribution in [3.63, 3.8) is 0 Å². The number of carboxylic acid groups (broad SMARTS) is 1. The first-order chi connectivity index (χ1) is 17.6. The molecule has 8 heteroatoms. The Kier molecular flexibility index (Phi) is 10.3. The Morgan fingerprint density at radius 3 is 3.00 bits per heavy atom. The minimum Gasteiger partial charge on any atom is -0.480 e. The van der Waals surface area contributed by atoms with Gasteiger partial charge in [-0.05, 0) is 73.6 Å². The fourth-order valence-corrected chi connectivity index (χ4v) is 5.18. The van der Waals surface area contributed by atoms with Crippen LogP contribution < -0.4 is 5.32 Å². The number of carboxylic acids is 1. The van der Waals surface area contributed by atoms with Crippen molar-refractivity contribution in [2.75, 3.05) is 46.1 Å². The second kappa shape index (κ2) is 13.9. The van der Waals surface area contributed by atoms with Crippen molar-refractivity contribution in [3.05, 3.63) is 59.1 Å². The van der Waals surface area contributed by atoms with Crippen LogP contribution in [0, 0.1) is 5.82 Å². The van der Waals surface area contributed by atoms with E-state index in [9.17, 15) is 14.3 Å². The summed E-state index contributed by atoms with van der Waals surface area (Å²) in [5, 5.41) is 13.4. The fraction of sp³-hybridized carbons (Fsp3) is 0.607. The van der Waals surface area contributed by atoms with E-state index in [2.05, 4.69) is 23.7 Å². The van der Waals surface area contributed by atoms with Crippen molar-refractivity contribution in [3.8, 4) is 0 Å². The van der Waals surface area contributed by atoms with E-state index in [-0.39, 0.29) is 6.10 Å². The summed E-state index contributed by atoms with van der Waals surface area (Å²) in [4.78, 5) is 14.2. The summed E-state index contributed by atoms with van der Waals surface area (Å²) in [5.41, 5.74) is 2.49. The van der Waals surface area contributed by atoms with Crippen LogP contribution in [-0.2, 0) is 19.0 Å². The lowest BCUT2D eigenvalue weighted by molar-refractivity contribution is -0.143. The number of halogens is 1. The summed E-state index contributed by atoms with van der Waals surface area (Å²) >= 11 is 0. The van der Waals surface area contributed by atoms with E-state index in [1.165, 1.54) is 24.1 Å². The van der Waals surface area contributed by atoms with E-state index in [0.29, 0.717) is 50.6 Å². The summed E-state index contributed by atoms with van der Waals surface area (Å²) < 4.78 is 31.6. The molecule has 4 rings (SSSR count). The second-order valence-electron chi connectivity index (χ2n) is 9.75. The van der Waals surface area contributed by atoms with Crippen LogP contribution in [0.3, 0.4) is 0 Å². The number of hydrogen-bond donors (Lipinski definition) is 2. The van der Waals surface area contributed by atoms with Gasteiger partial charge in [-0.25, -0.2) is 4.39 Å². The van der Waals surface area contributed by atoms with Gasteiger partial charge in [-0.1, -0.05) is 24.6 Å². The maximum atomic E-state index is 14.2. The van der Waals surface area contributed by atoms with E-state index >= 15 is 0 Å². The molecule has 0 spiro atoms. The van der Waals surface area contributed by atoms with Gasteiger partial charge in [0.1, 0.15) is 18.0 Å². The summed E-state index contributed by atoms with van der Waals surface area (Å²) in [6.07, 6.45) is 13.6. The Labute approximate surface area is 213 Å². The quantitative estimate of drug-likeness (QED) is 0.407. The summed E-state index contributed by atoms with van der Waals surface area (Å²) in [5.74, 6) is -1.45. The van der Waals surface area contributed by atoms with Crippen molar-refractivity contribution in [2.45, 2.75) is 63.2 Å². The molecule has 0 aliphatic carbocycles. The molecular weight excluding hydrogens is 463 g/mol. The molecule has 3 aliphatic rings. The molecule has 0 radical (unpaired) electrons. The Bertz CT molecular complexity index is 915. The van der Waals surface area contributed by atoms with Crippen molar-refractivity contribution in [1.82, 2.24) is 10.2 Å². The van der Waals surface area contributed by atoms with E-state index in [1.54, 1.807) is 6.07 Å². The monoisotopic (exact) mass is 502 g/mol. The molecule has 0 aromatic heterocycles. The minimum atomic E-state index is -0.993. The molecule has 36 heavy (non-hydrogen) atoms. The van der Waals surface area contributed by atoms with Crippen LogP contribution in [-0.4, -0.2) is 68.1 Å². The first-order valence-electron chi connectivity index (χ1n) is 13.3. The molecule has 0 saturated carbocycles. The SMILES string of the molecule is O=C(O)C(c1cc(F)ccc1C1COCCO1)N1CCC(OCCCCC/C=C\C2=CNCCC2)C1. The Balaban J connectivity index is 1.23. The highest BCUT2D eigenvalue weighted by molar-refractivity contribution is 5.76. The van der Waals surface area contributed by atoms with Gasteiger partial charge in [0, 0.05) is 26.2 Å². The summed E-state index contributed by atoms with van der Waals surface area (Å²) in [6.45, 7) is 4.13. The number of allylic oxidation sites excluding steroid dienone is 3. The number of likely N-dealkylation sites (tertiary alicyclic amines) is 1. The zero-order chi connectivity index (χ0) is 25.2. The number of nitrogens with one attached hydrogen (secondary N) is 1. The molecule has 198 valence electrons. The third-order valence-electron chi connectivity index (χ3n) is 7.06. The van der Waals surface area contributed by atoms with Gasteiger partial charge in [-0.3, -0.25) is 9.69 Å². The molecule has 0 amide bonds. The molecule has 2 fully saturated rings. The third-order valence-corrected chi connectivity index (χ3v) is 7.06. The Morgan fingerprint density at radius 2 is 2.22 bits per heavy atom. The molecule has 1 aromatic carbocycles. The molecule has 3 aliphatic heterocycles. The van der Waals surface area contributed by atoms with E-state index in [0.717, 1.165) is 45.1 Å². The van der Waals surface area contributed by atoms with Crippen LogP contribution in [0.25, 0.3) is 0 Å². The number of unbranched alkanes of at least 4 members (excludes halogenated alkanes) is 3. The van der Waals surface area contributed by atoms with Crippen molar-refractivity contribution in [2.24, 2.45) is 0 Å². The first-order valence-corrected chi connectivity index (χ1v) is 13.3. The van der Waals surface area contributed by atoms with Gasteiger partial charge in [-0.15, -0.1) is 0 Å². The molecule has 7 nitrogen and oxygen atoms in total. The van der Waals surface area contributed by atoms with E-state index in [4.69, 9.17) is 14.2 Å². The molecule has 3 unspecified atom stereocenters. The van der Waals surface area contributed by atoms with Crippen LogP contribution in [0.15, 0.2) is 42.1 Å². The molecule has 1 aromatic rings. The zero-order valence-corrected chi connectivity index (χ0v) is 21.0. The normalized spacial score (nSPS) is 24.0. The van der Waals surface area contributed by atoms with Gasteiger partial charge in [-0.2, -0.15) is 0 Å². The van der Waals surface area contributed by atoms with Crippen LogP contribution in [0.5, 0.6) is 0 Å². The highest BCUT2D eigenvalue weighted by atomic mass is 19.1. The Morgan fingerprint density at radius 1 is 1.31 bits per heavy atom. The molecule has 2 N–H and O–H groups in total. The molecule has 0 bridgehead atoms. The number of ether oxygens (including phenoxy) is 3. The van der Waals surface area contributed by atoms with Crippen molar-refractivity contribution >= 4 is 5.97 Å². The van der Waals surface area contributed by atoms with Gasteiger partial charge in [0.15, 0.2) is 0 Å². The summed E-state index contributed by atoms with van der Waals surface area (Å²) in [6, 6.07) is 3.36. The fourth-order valence-electron chi connectivity index (χ4n) is 5.18. The van der Waals surface area contributed by atoms with Crippen molar-refractivity contribution in [1.29, 1.82) is 0 Å². The summed E-state index contributed by atoms with van der Waals surface area (Å²) in [7, 11) is 0. The van der Waals surface area contributed by atoms with Gasteiger partial charge >= 0.3 is 5.97 Å². The molecule has 3 heterocycles. The van der Waals surface area contributed by atoms with Gasteiger partial charge in [0.25, 0.3) is 0 Å². The maximum absolute atomic E-state index is 14.2. The van der Waals surface area contributed by atoms with Gasteiger partial charge < -0.3 is 24.6 Å². The van der Waals surface area contributed by atoms with Gasteiger partial charge in [0.05, 0.1) is 25.9 Å². The third kappa shape index (κ3) is 7.62. The van der Waals surface area contributed by atoms with Crippen LogP contribution >= 0.6 is 0 Å². The van der Waals surface area contributed by atoms with Crippen LogP contribution in [0.1, 0.15) is 68.2 Å². The number of carbonyl (C=O) groups is 1. The largest absolute Gasteiger partial charge is 0.480 e. The van der Waals surface area contributed by atoms with E-state index < -0.39 is 23.9 Å². The molecule has 2 saturated heterocycles. The number of rotatable bonds is 12. The van der Waals surface area contributed by atoms with Crippen LogP contribution in [0.4, 0.5) is 4.39 Å². The topological polar surface area (TPSA) is 80.3 Å². The average molecular weight is 503 g/mol. The average Bonchev–Trinajstić information content (AvgIpc) is 3.35. The standard InChI is InChI=1S/C28H39FN2O5/c29-22-9-10-24(26-20-34-15-16-36-26)25(17-22)27(28(32)33)31-13-11-23(19-31)35-14-5-3-1-2-4-7-21-8-6-12-30-18-21/h4,7,9-10,17-18,23,26-27,30H,1-3,5-6,8,11-16,19-20H2,(H,32,33)/b7-4-. The van der Waals surface area contributed by atoms with E-state index in [1.807, 2.05) is 4.90 Å². The Hall–Kier alpha value is -2.26. The molecular formula is C28H39FN2O5. The number of hydrogen-bond acceptors (Lipinski definition) is 6. The predicted molar refractivity (Wildman–Crippen MR) is 135 cm³/mol. The zero-order valence-electron chi connectivity index (χ0n) is 21.0. The maximum Gasteiger partial charge on any atom is 0.325 e. The van der Waals surface area contributed by atoms with Crippen LogP contribution in [0.2, 0.25) is 0 Å². The highest BCUT2D eigenvalue weighted by Crippen LogP contribution is 2.34. The minimum absolute atomic E-state index is 0.0104. The number of benzene rings is 1. The lowest BCUT2D eigenvalue weighted by Crippen LogP contribution is -2.35. The first kappa shape index (κ1) is 26.8. The predicted octanol–water partition coefficient (Wildman–Crippen LogP) is 4.51. The van der Waals surface area contributed by atoms with Gasteiger partial charge in [0.2, 0.25) is 0 Å². The highest BCUT2D eigenvalue weighted by Gasteiger charge is 2.36. The number of nitrogens with zero attached hydrogens (tertiary/aromatic N) is 1. The number of aliphatic carboxylic acids is 1. The second-order valence-corrected chi connectivity index (χ2v) is 9.75.